The third-order valence-electron chi connectivity index (χ3n) is 3.83. The Balaban J connectivity index is 1.76. The van der Waals surface area contributed by atoms with Gasteiger partial charge in [-0.3, -0.25) is 9.69 Å². The van der Waals surface area contributed by atoms with Crippen molar-refractivity contribution in [2.75, 3.05) is 39.3 Å². The van der Waals surface area contributed by atoms with Crippen molar-refractivity contribution in [1.29, 1.82) is 0 Å². The predicted octanol–water partition coefficient (Wildman–Crippen LogP) is 2.21. The third kappa shape index (κ3) is 5.21. The average molecular weight is 292 g/mol. The minimum Gasteiger partial charge on any atom is -0.301 e. The van der Waals surface area contributed by atoms with Crippen molar-refractivity contribution < 1.29 is 9.18 Å². The van der Waals surface area contributed by atoms with Crippen molar-refractivity contribution >= 4 is 5.78 Å². The molecule has 1 aromatic rings. The van der Waals surface area contributed by atoms with E-state index >= 15 is 0 Å². The summed E-state index contributed by atoms with van der Waals surface area (Å²) in [5.41, 5.74) is 0.501. The van der Waals surface area contributed by atoms with Crippen LogP contribution in [0, 0.1) is 11.7 Å². The molecule has 0 aromatic heterocycles. The van der Waals surface area contributed by atoms with E-state index in [4.69, 9.17) is 0 Å². The number of hydrogen-bond acceptors (Lipinski definition) is 3. The van der Waals surface area contributed by atoms with E-state index in [-0.39, 0.29) is 18.0 Å². The van der Waals surface area contributed by atoms with E-state index in [9.17, 15) is 9.18 Å². The maximum Gasteiger partial charge on any atom is 0.151 e. The Kier molecular flexibility index (Phi) is 5.88. The number of nitrogens with zero attached hydrogens (tertiary/aromatic N) is 2. The molecule has 1 aliphatic heterocycles. The maximum atomic E-state index is 13.5. The van der Waals surface area contributed by atoms with Crippen LogP contribution >= 0.6 is 0 Å². The first-order chi connectivity index (χ1) is 10.0. The number of piperazine rings is 1. The normalized spacial score (nSPS) is 17.3. The molecular formula is C17H25FN2O. The van der Waals surface area contributed by atoms with Crippen LogP contribution in [0.15, 0.2) is 24.3 Å². The van der Waals surface area contributed by atoms with Gasteiger partial charge in [-0.25, -0.2) is 4.39 Å². The Morgan fingerprint density at radius 2 is 1.76 bits per heavy atom. The molecular weight excluding hydrogens is 267 g/mol. The van der Waals surface area contributed by atoms with Crippen LogP contribution in [0.2, 0.25) is 0 Å². The van der Waals surface area contributed by atoms with Crippen molar-refractivity contribution in [3.63, 3.8) is 0 Å². The number of halogens is 1. The van der Waals surface area contributed by atoms with Crippen LogP contribution in [0.5, 0.6) is 0 Å². The molecule has 0 aliphatic carbocycles. The summed E-state index contributed by atoms with van der Waals surface area (Å²) in [6, 6.07) is 6.52. The van der Waals surface area contributed by atoms with Crippen molar-refractivity contribution in [3.8, 4) is 0 Å². The van der Waals surface area contributed by atoms with Crippen LogP contribution in [0.3, 0.4) is 0 Å². The van der Waals surface area contributed by atoms with Gasteiger partial charge in [-0.1, -0.05) is 32.0 Å². The topological polar surface area (TPSA) is 23.6 Å². The Labute approximate surface area is 126 Å². The second-order valence-electron chi connectivity index (χ2n) is 6.28. The SMILES string of the molecule is CC(C)CN1CCN(CC(=O)Cc2ccccc2F)CC1. The number of carbonyl (C=O) groups is 1. The van der Waals surface area contributed by atoms with E-state index in [1.54, 1.807) is 18.2 Å². The molecule has 0 radical (unpaired) electrons. The fourth-order valence-electron chi connectivity index (χ4n) is 2.81. The van der Waals surface area contributed by atoms with Gasteiger partial charge in [0.1, 0.15) is 5.82 Å². The van der Waals surface area contributed by atoms with Crippen LogP contribution in [0.4, 0.5) is 4.39 Å². The van der Waals surface area contributed by atoms with Gasteiger partial charge in [-0.2, -0.15) is 0 Å². The lowest BCUT2D eigenvalue weighted by molar-refractivity contribution is -0.120. The van der Waals surface area contributed by atoms with E-state index in [1.165, 1.54) is 6.07 Å². The summed E-state index contributed by atoms with van der Waals surface area (Å²) in [5, 5.41) is 0. The fourth-order valence-corrected chi connectivity index (χ4v) is 2.81. The van der Waals surface area contributed by atoms with Gasteiger partial charge in [0.15, 0.2) is 5.78 Å². The number of benzene rings is 1. The van der Waals surface area contributed by atoms with Gasteiger partial charge in [0.25, 0.3) is 0 Å². The van der Waals surface area contributed by atoms with Gasteiger partial charge < -0.3 is 4.90 Å². The van der Waals surface area contributed by atoms with Crippen LogP contribution < -0.4 is 0 Å². The van der Waals surface area contributed by atoms with E-state index in [0.717, 1.165) is 32.7 Å². The van der Waals surface area contributed by atoms with Crippen molar-refractivity contribution in [3.05, 3.63) is 35.6 Å². The van der Waals surface area contributed by atoms with E-state index in [0.29, 0.717) is 18.0 Å². The van der Waals surface area contributed by atoms with Gasteiger partial charge in [0, 0.05) is 39.1 Å². The summed E-state index contributed by atoms with van der Waals surface area (Å²) in [7, 11) is 0. The highest BCUT2D eigenvalue weighted by Crippen LogP contribution is 2.09. The summed E-state index contributed by atoms with van der Waals surface area (Å²) in [6.45, 7) is 9.90. The Morgan fingerprint density at radius 3 is 2.38 bits per heavy atom. The van der Waals surface area contributed by atoms with Gasteiger partial charge >= 0.3 is 0 Å². The summed E-state index contributed by atoms with van der Waals surface area (Å²) < 4.78 is 13.5. The summed E-state index contributed by atoms with van der Waals surface area (Å²) >= 11 is 0. The lowest BCUT2D eigenvalue weighted by Gasteiger charge is -2.35. The number of Topliss-reactive ketones (excluding diaryl/α,β-unsaturated/α-hetero) is 1. The smallest absolute Gasteiger partial charge is 0.151 e. The second kappa shape index (κ2) is 7.66. The zero-order chi connectivity index (χ0) is 15.2. The molecule has 21 heavy (non-hydrogen) atoms. The Morgan fingerprint density at radius 1 is 1.14 bits per heavy atom. The summed E-state index contributed by atoms with van der Waals surface area (Å²) in [5.74, 6) is 0.490. The zero-order valence-corrected chi connectivity index (χ0v) is 13.0. The van der Waals surface area contributed by atoms with Crippen molar-refractivity contribution in [1.82, 2.24) is 9.80 Å². The number of hydrogen-bond donors (Lipinski definition) is 0. The maximum absolute atomic E-state index is 13.5. The highest BCUT2D eigenvalue weighted by Gasteiger charge is 2.19. The third-order valence-corrected chi connectivity index (χ3v) is 3.83. The molecule has 4 heteroatoms. The molecule has 116 valence electrons. The number of carbonyl (C=O) groups excluding carboxylic acids is 1. The van der Waals surface area contributed by atoms with Crippen LogP contribution in [0.1, 0.15) is 19.4 Å². The monoisotopic (exact) mass is 292 g/mol. The van der Waals surface area contributed by atoms with Crippen LogP contribution in [-0.2, 0) is 11.2 Å². The molecule has 1 saturated heterocycles. The molecule has 1 fully saturated rings. The minimum atomic E-state index is -0.285. The van der Waals surface area contributed by atoms with Gasteiger partial charge in [-0.05, 0) is 17.5 Å². The molecule has 0 amide bonds. The molecule has 3 nitrogen and oxygen atoms in total. The molecule has 1 aliphatic rings. The molecule has 2 rings (SSSR count). The first-order valence-corrected chi connectivity index (χ1v) is 7.74. The molecule has 0 atom stereocenters. The van der Waals surface area contributed by atoms with E-state index < -0.39 is 0 Å². The molecule has 0 unspecified atom stereocenters. The lowest BCUT2D eigenvalue weighted by Crippen LogP contribution is -2.48. The number of rotatable bonds is 6. The van der Waals surface area contributed by atoms with Gasteiger partial charge in [0.05, 0.1) is 6.54 Å². The van der Waals surface area contributed by atoms with Gasteiger partial charge in [0.2, 0.25) is 0 Å². The van der Waals surface area contributed by atoms with Crippen molar-refractivity contribution in [2.24, 2.45) is 5.92 Å². The first-order valence-electron chi connectivity index (χ1n) is 7.74. The average Bonchev–Trinajstić information content (AvgIpc) is 2.43. The van der Waals surface area contributed by atoms with E-state index in [2.05, 4.69) is 23.6 Å². The molecule has 0 spiro atoms. The molecule has 0 saturated carbocycles. The van der Waals surface area contributed by atoms with Crippen LogP contribution in [0.25, 0.3) is 0 Å². The Hall–Kier alpha value is -1.26. The highest BCUT2D eigenvalue weighted by atomic mass is 19.1. The predicted molar refractivity (Wildman–Crippen MR) is 82.8 cm³/mol. The summed E-state index contributed by atoms with van der Waals surface area (Å²) in [4.78, 5) is 16.7. The highest BCUT2D eigenvalue weighted by molar-refractivity contribution is 5.82. The van der Waals surface area contributed by atoms with Gasteiger partial charge in [-0.15, -0.1) is 0 Å². The molecule has 1 heterocycles. The molecule has 0 bridgehead atoms. The van der Waals surface area contributed by atoms with Crippen molar-refractivity contribution in [2.45, 2.75) is 20.3 Å². The van der Waals surface area contributed by atoms with E-state index in [1.807, 2.05) is 0 Å². The molecule has 0 N–H and O–H groups in total. The quantitative estimate of drug-likeness (QED) is 0.803. The first kappa shape index (κ1) is 16.1. The minimum absolute atomic E-state index is 0.0948. The van der Waals surface area contributed by atoms with Crippen LogP contribution in [-0.4, -0.2) is 54.9 Å². The lowest BCUT2D eigenvalue weighted by atomic mass is 10.1. The number of ketones is 1. The largest absolute Gasteiger partial charge is 0.301 e. The standard InChI is InChI=1S/C17H25FN2O/c1-14(2)12-19-7-9-20(10-8-19)13-16(21)11-15-5-3-4-6-17(15)18/h3-6,14H,7-13H2,1-2H3. The fraction of sp³-hybridized carbons (Fsp3) is 0.588. The molecule has 1 aromatic carbocycles. The second-order valence-corrected chi connectivity index (χ2v) is 6.28. The zero-order valence-electron chi connectivity index (χ0n) is 13.0. The Bertz CT molecular complexity index is 468. The summed E-state index contributed by atoms with van der Waals surface area (Å²) in [6.07, 6.45) is 0.193.